The molecule has 0 aromatic carbocycles. The Morgan fingerprint density at radius 2 is 1.48 bits per heavy atom. The molecule has 0 N–H and O–H groups in total. The number of nitrogens with zero attached hydrogens (tertiary/aromatic N) is 2. The van der Waals surface area contributed by atoms with Gasteiger partial charge in [0.05, 0.1) is 0 Å². The zero-order valence-corrected chi connectivity index (χ0v) is 23.8. The molecule has 3 saturated carbocycles. The van der Waals surface area contributed by atoms with Crippen LogP contribution < -0.4 is 0 Å². The number of likely N-dealkylation sites (tertiary alicyclic amines) is 1. The average Bonchev–Trinajstić information content (AvgIpc) is 3.07. The van der Waals surface area contributed by atoms with Crippen molar-refractivity contribution in [1.82, 2.24) is 4.90 Å². The molecule has 3 aliphatic carbocycles. The molecule has 1 aliphatic heterocycles. The monoisotopic (exact) mass is 520 g/mol. The molecule has 4 fully saturated rings. The van der Waals surface area contributed by atoms with Gasteiger partial charge in [0, 0.05) is 12.1 Å². The second kappa shape index (κ2) is 10.5. The van der Waals surface area contributed by atoms with E-state index in [0.29, 0.717) is 0 Å². The fourth-order valence-corrected chi connectivity index (χ4v) is 7.79. The summed E-state index contributed by atoms with van der Waals surface area (Å²) in [6.07, 6.45) is 11.8. The van der Waals surface area contributed by atoms with Gasteiger partial charge in [0.1, 0.15) is 0 Å². The van der Waals surface area contributed by atoms with E-state index in [2.05, 4.69) is 46.4 Å². The van der Waals surface area contributed by atoms with Crippen molar-refractivity contribution in [2.75, 3.05) is 0 Å². The van der Waals surface area contributed by atoms with E-state index < -0.39 is 20.8 Å². The van der Waals surface area contributed by atoms with Crippen molar-refractivity contribution in [2.45, 2.75) is 116 Å². The molecule has 0 amide bonds. The van der Waals surface area contributed by atoms with Crippen molar-refractivity contribution in [3.8, 4) is 0 Å². The van der Waals surface area contributed by atoms with Crippen molar-refractivity contribution in [3.63, 3.8) is 0 Å². The third kappa shape index (κ3) is 5.85. The van der Waals surface area contributed by atoms with Crippen molar-refractivity contribution >= 4 is 17.0 Å². The van der Waals surface area contributed by atoms with Gasteiger partial charge in [-0.25, -0.2) is 0 Å². The Hall–Kier alpha value is 1.38. The Labute approximate surface area is 200 Å². The van der Waals surface area contributed by atoms with Crippen LogP contribution in [0.1, 0.15) is 92.9 Å². The first-order valence-electron chi connectivity index (χ1n) is 11.6. The number of fused-ring (bicyclic) bond motifs is 5. The summed E-state index contributed by atoms with van der Waals surface area (Å²) in [7, 11) is 9.87. The Morgan fingerprint density at radius 3 is 2.10 bits per heavy atom. The maximum absolute atomic E-state index is 5.34. The Bertz CT molecular complexity index is 522. The summed E-state index contributed by atoms with van der Waals surface area (Å²) in [5.41, 5.74) is 0.0268. The van der Waals surface area contributed by atoms with Crippen LogP contribution in [0.5, 0.6) is 0 Å². The van der Waals surface area contributed by atoms with Gasteiger partial charge in [-0.2, -0.15) is 0 Å². The zero-order chi connectivity index (χ0) is 20.7. The van der Waals surface area contributed by atoms with E-state index in [9.17, 15) is 0 Å². The molecule has 4 aliphatic rings. The van der Waals surface area contributed by atoms with Gasteiger partial charge in [0.15, 0.2) is 0 Å². The number of hydrogen-bond acceptors (Lipinski definition) is 1. The van der Waals surface area contributed by atoms with Crippen LogP contribution >= 0.6 is 17.0 Å². The van der Waals surface area contributed by atoms with Crippen LogP contribution in [0.2, 0.25) is 0 Å². The van der Waals surface area contributed by atoms with Crippen LogP contribution in [0.3, 0.4) is 0 Å². The SMILES string of the molecule is CC1CCC2C(C1)C1C3CCCCC3CC1N2C(C)(C)[N-]C(C)(C)C.[CH3-].[Cl][Zr+2][Cl]. The van der Waals surface area contributed by atoms with Gasteiger partial charge in [-0.3, -0.25) is 0 Å². The molecule has 2 nitrogen and oxygen atoms in total. The van der Waals surface area contributed by atoms with Crippen LogP contribution in [-0.2, 0) is 20.8 Å². The molecule has 0 aromatic heterocycles. The fourth-order valence-electron chi connectivity index (χ4n) is 7.79. The second-order valence-corrected chi connectivity index (χ2v) is 15.2. The average molecular weight is 523 g/mol. The molecule has 4 rings (SSSR count). The molecule has 1 heterocycles. The van der Waals surface area contributed by atoms with Crippen LogP contribution in [0.4, 0.5) is 0 Å². The van der Waals surface area contributed by atoms with E-state index in [4.69, 9.17) is 22.3 Å². The number of hydrogen-bond donors (Lipinski definition) is 0. The minimum atomic E-state index is -0.826. The predicted octanol–water partition coefficient (Wildman–Crippen LogP) is 8.04. The van der Waals surface area contributed by atoms with E-state index in [1.807, 2.05) is 0 Å². The zero-order valence-electron chi connectivity index (χ0n) is 19.8. The Morgan fingerprint density at radius 1 is 0.862 bits per heavy atom. The van der Waals surface area contributed by atoms with Gasteiger partial charge in [0.2, 0.25) is 0 Å². The summed E-state index contributed by atoms with van der Waals surface area (Å²) in [6, 6.07) is 1.62. The maximum atomic E-state index is 5.34. The molecule has 0 radical (unpaired) electrons. The van der Waals surface area contributed by atoms with Crippen LogP contribution in [0.15, 0.2) is 0 Å². The molecule has 29 heavy (non-hydrogen) atoms. The van der Waals surface area contributed by atoms with Gasteiger partial charge in [0.25, 0.3) is 0 Å². The Kier molecular flexibility index (Phi) is 9.68. The van der Waals surface area contributed by atoms with Crippen molar-refractivity contribution in [1.29, 1.82) is 0 Å². The molecule has 7 atom stereocenters. The van der Waals surface area contributed by atoms with Gasteiger partial charge >= 0.3 is 37.9 Å². The predicted molar refractivity (Wildman–Crippen MR) is 125 cm³/mol. The fraction of sp³-hybridized carbons (Fsp3) is 0.958. The molecule has 0 bridgehead atoms. The summed E-state index contributed by atoms with van der Waals surface area (Å²) in [4.78, 5) is 2.96. The molecule has 168 valence electrons. The quantitative estimate of drug-likeness (QED) is 0.336. The third-order valence-electron chi connectivity index (χ3n) is 8.02. The molecule has 7 unspecified atom stereocenters. The summed E-state index contributed by atoms with van der Waals surface area (Å²) >= 11 is -0.826. The first-order chi connectivity index (χ1) is 13.1. The normalized spacial score (nSPS) is 39.2. The number of rotatable bonds is 2. The molecule has 5 heteroatoms. The van der Waals surface area contributed by atoms with E-state index >= 15 is 0 Å². The molecular formula is C24H44Cl2N2Zr. The van der Waals surface area contributed by atoms with E-state index in [1.165, 1.54) is 51.4 Å². The standard InChI is InChI=1S/C23H41N2.CH3.2ClH.Zr/c1-15-11-12-19-18(13-15)21-17-10-8-7-9-16(17)14-20(21)25(19)23(5,6)24-22(2,3)4;;;;/h15-21H,7-14H2,1-6H3;1H3;2*1H;/q2*-1;;;+4/p-2. The summed E-state index contributed by atoms with van der Waals surface area (Å²) in [5, 5.41) is 5.34. The van der Waals surface area contributed by atoms with E-state index in [-0.39, 0.29) is 18.6 Å². The number of halogens is 2. The summed E-state index contributed by atoms with van der Waals surface area (Å²) < 4.78 is 0. The molecular weight excluding hydrogens is 478 g/mol. The Balaban J connectivity index is 0.000000708. The van der Waals surface area contributed by atoms with Crippen molar-refractivity contribution < 1.29 is 20.8 Å². The van der Waals surface area contributed by atoms with Gasteiger partial charge < -0.3 is 17.6 Å². The first kappa shape index (κ1) is 26.6. The van der Waals surface area contributed by atoms with Crippen LogP contribution in [-0.4, -0.2) is 28.2 Å². The topological polar surface area (TPSA) is 17.3 Å². The van der Waals surface area contributed by atoms with E-state index in [0.717, 1.165) is 41.7 Å². The first-order valence-corrected chi connectivity index (χ1v) is 17.9. The van der Waals surface area contributed by atoms with Crippen LogP contribution in [0, 0.1) is 37.0 Å². The molecule has 0 aromatic rings. The molecule has 0 spiro atoms. The van der Waals surface area contributed by atoms with Gasteiger partial charge in [-0.15, -0.1) is 5.54 Å². The second-order valence-electron chi connectivity index (χ2n) is 11.5. The van der Waals surface area contributed by atoms with Crippen molar-refractivity contribution in [2.24, 2.45) is 29.6 Å². The van der Waals surface area contributed by atoms with Gasteiger partial charge in [-0.05, 0) is 61.7 Å². The van der Waals surface area contributed by atoms with Crippen LogP contribution in [0.25, 0.3) is 5.32 Å². The third-order valence-corrected chi connectivity index (χ3v) is 8.02. The summed E-state index contributed by atoms with van der Waals surface area (Å²) in [6.45, 7) is 14.2. The summed E-state index contributed by atoms with van der Waals surface area (Å²) in [5.74, 6) is 4.93. The molecule has 1 saturated heterocycles. The minimum absolute atomic E-state index is 0. The van der Waals surface area contributed by atoms with Gasteiger partial charge in [-0.1, -0.05) is 66.5 Å². The van der Waals surface area contributed by atoms with Crippen molar-refractivity contribution in [3.05, 3.63) is 12.7 Å². The van der Waals surface area contributed by atoms with E-state index in [1.54, 1.807) is 0 Å².